The highest BCUT2D eigenvalue weighted by atomic mass is 35.5. The first-order valence-electron chi connectivity index (χ1n) is 10.9. The normalized spacial score (nSPS) is 10.7. The van der Waals surface area contributed by atoms with Crippen molar-refractivity contribution in [1.29, 1.82) is 0 Å². The third-order valence-corrected chi connectivity index (χ3v) is 5.38. The van der Waals surface area contributed by atoms with Crippen LogP contribution in [-0.2, 0) is 6.61 Å². The first kappa shape index (κ1) is 24.6. The summed E-state index contributed by atoms with van der Waals surface area (Å²) in [4.78, 5) is 24.6. The number of amides is 1. The number of nitrogens with zero attached hydrogens (tertiary/aromatic N) is 1. The molecule has 0 fully saturated rings. The second-order valence-corrected chi connectivity index (χ2v) is 7.95. The lowest BCUT2D eigenvalue weighted by molar-refractivity contribution is 0.0729. The van der Waals surface area contributed by atoms with Crippen LogP contribution in [0.25, 0.3) is 0 Å². The largest absolute Gasteiger partial charge is 0.489 e. The highest BCUT2D eigenvalue weighted by Gasteiger charge is 2.13. The van der Waals surface area contributed by atoms with Crippen LogP contribution in [0.4, 0.5) is 4.39 Å². The average Bonchev–Trinajstić information content (AvgIpc) is 2.89. The van der Waals surface area contributed by atoms with Crippen molar-refractivity contribution in [1.82, 2.24) is 5.43 Å². The van der Waals surface area contributed by atoms with Crippen LogP contribution in [0, 0.1) is 5.82 Å². The molecule has 0 radical (unpaired) electrons. The average molecular weight is 503 g/mol. The predicted octanol–water partition coefficient (Wildman–Crippen LogP) is 6.04. The molecule has 4 aromatic carbocycles. The van der Waals surface area contributed by atoms with E-state index in [1.54, 1.807) is 60.7 Å². The van der Waals surface area contributed by atoms with Crippen molar-refractivity contribution in [3.8, 4) is 11.5 Å². The molecule has 0 spiro atoms. The minimum atomic E-state index is -0.810. The van der Waals surface area contributed by atoms with Crippen LogP contribution < -0.4 is 14.9 Å². The number of halogens is 2. The van der Waals surface area contributed by atoms with Gasteiger partial charge in [-0.2, -0.15) is 5.10 Å². The molecule has 0 aliphatic rings. The zero-order valence-corrected chi connectivity index (χ0v) is 19.6. The van der Waals surface area contributed by atoms with Crippen molar-refractivity contribution in [3.05, 3.63) is 130 Å². The van der Waals surface area contributed by atoms with E-state index in [0.29, 0.717) is 28.5 Å². The van der Waals surface area contributed by atoms with Crippen LogP contribution in [0.5, 0.6) is 11.5 Å². The van der Waals surface area contributed by atoms with Crippen LogP contribution in [0.1, 0.15) is 31.8 Å². The number of hydrazone groups is 1. The Bertz CT molecular complexity index is 1410. The highest BCUT2D eigenvalue weighted by molar-refractivity contribution is 6.31. The molecular formula is C28H20ClFN2O4. The molecule has 6 nitrogen and oxygen atoms in total. The first-order valence-corrected chi connectivity index (χ1v) is 11.2. The van der Waals surface area contributed by atoms with Gasteiger partial charge in [0.05, 0.1) is 11.8 Å². The Morgan fingerprint density at radius 1 is 0.889 bits per heavy atom. The molecule has 0 unspecified atom stereocenters. The molecule has 1 N–H and O–H groups in total. The van der Waals surface area contributed by atoms with Crippen molar-refractivity contribution >= 4 is 29.7 Å². The fourth-order valence-corrected chi connectivity index (χ4v) is 3.35. The van der Waals surface area contributed by atoms with Gasteiger partial charge >= 0.3 is 5.97 Å². The molecule has 0 bridgehead atoms. The summed E-state index contributed by atoms with van der Waals surface area (Å²) in [6.45, 7) is 0.310. The van der Waals surface area contributed by atoms with Gasteiger partial charge in [-0.15, -0.1) is 0 Å². The van der Waals surface area contributed by atoms with Crippen LogP contribution in [0.2, 0.25) is 5.02 Å². The van der Waals surface area contributed by atoms with E-state index in [0.717, 1.165) is 5.56 Å². The number of nitrogens with one attached hydrogen (secondary N) is 1. The van der Waals surface area contributed by atoms with E-state index in [4.69, 9.17) is 21.1 Å². The van der Waals surface area contributed by atoms with E-state index < -0.39 is 17.7 Å². The van der Waals surface area contributed by atoms with Crippen LogP contribution >= 0.6 is 11.6 Å². The van der Waals surface area contributed by atoms with Crippen molar-refractivity contribution in [2.45, 2.75) is 6.61 Å². The number of hydrogen-bond acceptors (Lipinski definition) is 5. The summed E-state index contributed by atoms with van der Waals surface area (Å²) in [5.41, 5.74) is 4.10. The Kier molecular flexibility index (Phi) is 8.05. The predicted molar refractivity (Wildman–Crippen MR) is 135 cm³/mol. The zero-order chi connectivity index (χ0) is 25.3. The maximum Gasteiger partial charge on any atom is 0.346 e. The van der Waals surface area contributed by atoms with Crippen LogP contribution in [0.15, 0.2) is 102 Å². The molecule has 1 amide bonds. The van der Waals surface area contributed by atoms with Crippen molar-refractivity contribution < 1.29 is 23.5 Å². The molecule has 8 heteroatoms. The summed E-state index contributed by atoms with van der Waals surface area (Å²) >= 11 is 6.13. The molecule has 0 aromatic heterocycles. The number of benzene rings is 4. The third-order valence-electron chi connectivity index (χ3n) is 5.01. The van der Waals surface area contributed by atoms with Crippen molar-refractivity contribution in [2.24, 2.45) is 5.10 Å². The van der Waals surface area contributed by atoms with Gasteiger partial charge in [0.1, 0.15) is 23.9 Å². The quantitative estimate of drug-likeness (QED) is 0.138. The molecule has 4 aromatic rings. The number of carbonyl (C=O) groups excluding carboxylic acids is 2. The topological polar surface area (TPSA) is 77.0 Å². The molecule has 180 valence electrons. The zero-order valence-electron chi connectivity index (χ0n) is 18.9. The highest BCUT2D eigenvalue weighted by Crippen LogP contribution is 2.19. The van der Waals surface area contributed by atoms with Crippen LogP contribution in [-0.4, -0.2) is 18.1 Å². The Morgan fingerprint density at radius 2 is 1.64 bits per heavy atom. The molecule has 0 atom stereocenters. The van der Waals surface area contributed by atoms with Gasteiger partial charge < -0.3 is 9.47 Å². The number of hydrogen-bond donors (Lipinski definition) is 1. The SMILES string of the molecule is O=C(N/N=C\c1cccc(OC(=O)c2ccccc2F)c1)c1ccc(OCc2ccccc2Cl)cc1. The molecular weight excluding hydrogens is 483 g/mol. The van der Waals surface area contributed by atoms with E-state index in [-0.39, 0.29) is 11.3 Å². The van der Waals surface area contributed by atoms with E-state index in [9.17, 15) is 14.0 Å². The van der Waals surface area contributed by atoms with Crippen molar-refractivity contribution in [2.75, 3.05) is 0 Å². The molecule has 4 rings (SSSR count). The molecule has 0 aliphatic heterocycles. The van der Waals surface area contributed by atoms with Gasteiger partial charge in [0, 0.05) is 16.1 Å². The second-order valence-electron chi connectivity index (χ2n) is 7.55. The summed E-state index contributed by atoms with van der Waals surface area (Å²) in [7, 11) is 0. The summed E-state index contributed by atoms with van der Waals surface area (Å²) in [5.74, 6) is -1.08. The van der Waals surface area contributed by atoms with Gasteiger partial charge in [-0.25, -0.2) is 14.6 Å². The lowest BCUT2D eigenvalue weighted by Crippen LogP contribution is -2.17. The van der Waals surface area contributed by atoms with Gasteiger partial charge in [-0.05, 0) is 60.2 Å². The Labute approximate surface area is 211 Å². The lowest BCUT2D eigenvalue weighted by atomic mass is 10.2. The molecule has 0 saturated carbocycles. The van der Waals surface area contributed by atoms with Gasteiger partial charge in [-0.1, -0.05) is 54.1 Å². The number of esters is 1. The van der Waals surface area contributed by atoms with Crippen molar-refractivity contribution in [3.63, 3.8) is 0 Å². The number of carbonyl (C=O) groups is 2. The van der Waals surface area contributed by atoms with Gasteiger partial charge in [0.15, 0.2) is 0 Å². The van der Waals surface area contributed by atoms with Gasteiger partial charge in [-0.3, -0.25) is 4.79 Å². The number of ether oxygens (including phenoxy) is 2. The number of rotatable bonds is 8. The summed E-state index contributed by atoms with van der Waals surface area (Å²) in [5, 5.41) is 4.57. The molecule has 0 heterocycles. The second kappa shape index (κ2) is 11.8. The Balaban J connectivity index is 1.31. The van der Waals surface area contributed by atoms with E-state index in [2.05, 4.69) is 10.5 Å². The minimum absolute atomic E-state index is 0.163. The van der Waals surface area contributed by atoms with Gasteiger partial charge in [0.25, 0.3) is 5.91 Å². The molecule has 0 aliphatic carbocycles. The first-order chi connectivity index (χ1) is 17.5. The third kappa shape index (κ3) is 6.55. The Morgan fingerprint density at radius 3 is 2.42 bits per heavy atom. The summed E-state index contributed by atoms with van der Waals surface area (Å²) in [6, 6.07) is 26.0. The smallest absolute Gasteiger partial charge is 0.346 e. The Hall–Kier alpha value is -4.49. The summed E-state index contributed by atoms with van der Waals surface area (Å²) in [6.07, 6.45) is 1.40. The van der Waals surface area contributed by atoms with E-state index in [1.807, 2.05) is 18.2 Å². The van der Waals surface area contributed by atoms with Gasteiger partial charge in [0.2, 0.25) is 0 Å². The fourth-order valence-electron chi connectivity index (χ4n) is 3.16. The lowest BCUT2D eigenvalue weighted by Gasteiger charge is -2.08. The van der Waals surface area contributed by atoms with E-state index in [1.165, 1.54) is 24.4 Å². The monoisotopic (exact) mass is 502 g/mol. The summed E-state index contributed by atoms with van der Waals surface area (Å²) < 4.78 is 24.7. The maximum absolute atomic E-state index is 13.8. The van der Waals surface area contributed by atoms with E-state index >= 15 is 0 Å². The molecule has 36 heavy (non-hydrogen) atoms. The maximum atomic E-state index is 13.8. The fraction of sp³-hybridized carbons (Fsp3) is 0.0357. The standard InChI is InChI=1S/C28H20ClFN2O4/c29-25-10-3-1-7-21(25)18-35-22-14-12-20(13-15-22)27(33)32-31-17-19-6-5-8-23(16-19)36-28(34)24-9-2-4-11-26(24)30/h1-17H,18H2,(H,32,33)/b31-17-. The molecule has 0 saturated heterocycles. The minimum Gasteiger partial charge on any atom is -0.489 e. The van der Waals surface area contributed by atoms with Crippen LogP contribution in [0.3, 0.4) is 0 Å².